The molecule has 1 saturated heterocycles. The van der Waals surface area contributed by atoms with Gasteiger partial charge in [0.15, 0.2) is 0 Å². The summed E-state index contributed by atoms with van der Waals surface area (Å²) in [7, 11) is 0. The predicted octanol–water partition coefficient (Wildman–Crippen LogP) is 4.52. The molecule has 0 unspecified atom stereocenters. The Bertz CT molecular complexity index is 477. The molecule has 2 heterocycles. The van der Waals surface area contributed by atoms with Gasteiger partial charge in [0.1, 0.15) is 0 Å². The monoisotopic (exact) mass is 271 g/mol. The van der Waals surface area contributed by atoms with Crippen LogP contribution in [-0.4, -0.2) is 18.0 Å². The largest absolute Gasteiger partial charge is 0.296 e. The molecular weight excluding hydrogens is 250 g/mol. The Morgan fingerprint density at radius 3 is 2.84 bits per heavy atom. The van der Waals surface area contributed by atoms with E-state index in [1.165, 1.54) is 49.9 Å². The molecule has 0 amide bonds. The number of benzene rings is 1. The number of nitrogens with zero attached hydrogens (tertiary/aromatic N) is 1. The van der Waals surface area contributed by atoms with Gasteiger partial charge in [0.05, 0.1) is 0 Å². The minimum absolute atomic E-state index is 0.682. The van der Waals surface area contributed by atoms with E-state index in [9.17, 15) is 0 Å². The number of aryl methyl sites for hydroxylation is 1. The lowest BCUT2D eigenvalue weighted by atomic mass is 10.1. The quantitative estimate of drug-likeness (QED) is 0.773. The maximum absolute atomic E-state index is 2.67. The SMILES string of the molecule is c1ccc(CCCN2CCC[C@H]2c2ccsc2)cc1. The van der Waals surface area contributed by atoms with E-state index in [2.05, 4.69) is 52.1 Å². The highest BCUT2D eigenvalue weighted by molar-refractivity contribution is 7.07. The fraction of sp³-hybridized carbons (Fsp3) is 0.412. The van der Waals surface area contributed by atoms with E-state index in [1.807, 2.05) is 11.3 Å². The first kappa shape index (κ1) is 12.9. The fourth-order valence-electron chi connectivity index (χ4n) is 3.07. The van der Waals surface area contributed by atoms with E-state index < -0.39 is 0 Å². The van der Waals surface area contributed by atoms with Crippen molar-refractivity contribution in [1.82, 2.24) is 4.90 Å². The summed E-state index contributed by atoms with van der Waals surface area (Å²) in [4.78, 5) is 2.67. The van der Waals surface area contributed by atoms with Crippen molar-refractivity contribution in [1.29, 1.82) is 0 Å². The summed E-state index contributed by atoms with van der Waals surface area (Å²) in [5, 5.41) is 4.52. The average molecular weight is 271 g/mol. The van der Waals surface area contributed by atoms with E-state index >= 15 is 0 Å². The molecule has 0 N–H and O–H groups in total. The second-order valence-electron chi connectivity index (χ2n) is 5.34. The summed E-state index contributed by atoms with van der Waals surface area (Å²) < 4.78 is 0. The van der Waals surface area contributed by atoms with Crippen molar-refractivity contribution in [3.8, 4) is 0 Å². The molecule has 0 bridgehead atoms. The minimum Gasteiger partial charge on any atom is -0.296 e. The molecule has 0 aliphatic carbocycles. The van der Waals surface area contributed by atoms with Gasteiger partial charge >= 0.3 is 0 Å². The third-order valence-corrected chi connectivity index (χ3v) is 4.75. The van der Waals surface area contributed by atoms with Crippen molar-refractivity contribution in [3.63, 3.8) is 0 Å². The zero-order valence-electron chi connectivity index (χ0n) is 11.3. The minimum atomic E-state index is 0.682. The molecular formula is C17H21NS. The molecule has 0 spiro atoms. The van der Waals surface area contributed by atoms with Crippen molar-refractivity contribution in [2.45, 2.75) is 31.7 Å². The first-order valence-corrected chi connectivity index (χ1v) is 8.18. The van der Waals surface area contributed by atoms with Crippen molar-refractivity contribution >= 4 is 11.3 Å². The van der Waals surface area contributed by atoms with Gasteiger partial charge in [0.25, 0.3) is 0 Å². The normalized spacial score (nSPS) is 19.9. The second-order valence-corrected chi connectivity index (χ2v) is 6.12. The molecule has 1 atom stereocenters. The predicted molar refractivity (Wildman–Crippen MR) is 82.6 cm³/mol. The molecule has 2 aromatic rings. The lowest BCUT2D eigenvalue weighted by molar-refractivity contribution is 0.254. The van der Waals surface area contributed by atoms with Crippen molar-refractivity contribution < 1.29 is 0 Å². The van der Waals surface area contributed by atoms with Crippen LogP contribution in [0.1, 0.15) is 36.4 Å². The Labute approximate surface area is 119 Å². The van der Waals surface area contributed by atoms with E-state index in [1.54, 1.807) is 0 Å². The highest BCUT2D eigenvalue weighted by atomic mass is 32.1. The van der Waals surface area contributed by atoms with Crippen LogP contribution in [0.5, 0.6) is 0 Å². The summed E-state index contributed by atoms with van der Waals surface area (Å²) in [6.45, 7) is 2.50. The van der Waals surface area contributed by atoms with Gasteiger partial charge in [-0.15, -0.1) is 0 Å². The number of hydrogen-bond acceptors (Lipinski definition) is 2. The number of thiophene rings is 1. The van der Waals surface area contributed by atoms with Gasteiger partial charge in [-0.2, -0.15) is 11.3 Å². The lowest BCUT2D eigenvalue weighted by Gasteiger charge is -2.23. The maximum Gasteiger partial charge on any atom is 0.0356 e. The number of likely N-dealkylation sites (tertiary alicyclic amines) is 1. The molecule has 19 heavy (non-hydrogen) atoms. The van der Waals surface area contributed by atoms with E-state index in [0.717, 1.165) is 0 Å². The van der Waals surface area contributed by atoms with Crippen LogP contribution in [0.15, 0.2) is 47.2 Å². The Balaban J connectivity index is 1.52. The third kappa shape index (κ3) is 3.26. The Hall–Kier alpha value is -1.12. The van der Waals surface area contributed by atoms with E-state index in [-0.39, 0.29) is 0 Å². The maximum atomic E-state index is 2.67. The Morgan fingerprint density at radius 1 is 1.16 bits per heavy atom. The van der Waals surface area contributed by atoms with Crippen molar-refractivity contribution in [2.75, 3.05) is 13.1 Å². The molecule has 1 fully saturated rings. The summed E-state index contributed by atoms with van der Waals surface area (Å²) in [6.07, 6.45) is 5.16. The molecule has 1 nitrogen and oxygen atoms in total. The van der Waals surface area contributed by atoms with Gasteiger partial charge in [-0.3, -0.25) is 4.90 Å². The molecule has 1 aliphatic rings. The van der Waals surface area contributed by atoms with Crippen molar-refractivity contribution in [2.24, 2.45) is 0 Å². The van der Waals surface area contributed by atoms with Gasteiger partial charge < -0.3 is 0 Å². The summed E-state index contributed by atoms with van der Waals surface area (Å²) in [5.74, 6) is 0. The van der Waals surface area contributed by atoms with E-state index in [0.29, 0.717) is 6.04 Å². The highest BCUT2D eigenvalue weighted by Gasteiger charge is 2.25. The summed E-state index contributed by atoms with van der Waals surface area (Å²) in [6, 6.07) is 13.8. The molecule has 1 aromatic heterocycles. The summed E-state index contributed by atoms with van der Waals surface area (Å²) >= 11 is 1.82. The van der Waals surface area contributed by atoms with Crippen LogP contribution < -0.4 is 0 Å². The molecule has 1 aromatic carbocycles. The van der Waals surface area contributed by atoms with Crippen LogP contribution in [0.2, 0.25) is 0 Å². The average Bonchev–Trinajstić information content (AvgIpc) is 3.10. The van der Waals surface area contributed by atoms with E-state index in [4.69, 9.17) is 0 Å². The van der Waals surface area contributed by atoms with Gasteiger partial charge in [0.2, 0.25) is 0 Å². The number of rotatable bonds is 5. The Morgan fingerprint density at radius 2 is 2.05 bits per heavy atom. The zero-order valence-corrected chi connectivity index (χ0v) is 12.1. The number of hydrogen-bond donors (Lipinski definition) is 0. The van der Waals surface area contributed by atoms with Crippen LogP contribution in [-0.2, 0) is 6.42 Å². The smallest absolute Gasteiger partial charge is 0.0356 e. The molecule has 0 saturated carbocycles. The molecule has 0 radical (unpaired) electrons. The van der Waals surface area contributed by atoms with Gasteiger partial charge in [0, 0.05) is 6.04 Å². The lowest BCUT2D eigenvalue weighted by Crippen LogP contribution is -2.24. The first-order chi connectivity index (χ1) is 9.43. The second kappa shape index (κ2) is 6.36. The van der Waals surface area contributed by atoms with Gasteiger partial charge in [-0.25, -0.2) is 0 Å². The van der Waals surface area contributed by atoms with Crippen LogP contribution in [0, 0.1) is 0 Å². The van der Waals surface area contributed by atoms with Gasteiger partial charge in [-0.1, -0.05) is 30.3 Å². The molecule has 3 rings (SSSR count). The van der Waals surface area contributed by atoms with Crippen molar-refractivity contribution in [3.05, 3.63) is 58.3 Å². The Kier molecular flexibility index (Phi) is 4.31. The topological polar surface area (TPSA) is 3.24 Å². The molecule has 2 heteroatoms. The zero-order chi connectivity index (χ0) is 12.9. The fourth-order valence-corrected chi connectivity index (χ4v) is 3.77. The third-order valence-electron chi connectivity index (χ3n) is 4.05. The highest BCUT2D eigenvalue weighted by Crippen LogP contribution is 2.32. The van der Waals surface area contributed by atoms with Crippen LogP contribution in [0.3, 0.4) is 0 Å². The standard InChI is InChI=1S/C17H21NS/c1-2-6-15(7-3-1)8-4-11-18-12-5-9-17(18)16-10-13-19-14-16/h1-3,6-7,10,13-14,17H,4-5,8-9,11-12H2/t17-/m0/s1. The first-order valence-electron chi connectivity index (χ1n) is 7.23. The van der Waals surface area contributed by atoms with Gasteiger partial charge in [-0.05, 0) is 66.7 Å². The van der Waals surface area contributed by atoms with Crippen LogP contribution in [0.4, 0.5) is 0 Å². The molecule has 100 valence electrons. The summed E-state index contributed by atoms with van der Waals surface area (Å²) in [5.41, 5.74) is 3.00. The van der Waals surface area contributed by atoms with Crippen LogP contribution in [0.25, 0.3) is 0 Å². The van der Waals surface area contributed by atoms with Crippen LogP contribution >= 0.6 is 11.3 Å². The molecule has 1 aliphatic heterocycles.